The fourth-order valence-electron chi connectivity index (χ4n) is 2.09. The van der Waals surface area contributed by atoms with Crippen molar-refractivity contribution in [3.05, 3.63) is 59.0 Å². The molecule has 0 amide bonds. The van der Waals surface area contributed by atoms with Crippen LogP contribution in [0, 0.1) is 0 Å². The number of hydrogen-bond acceptors (Lipinski definition) is 3. The third-order valence-electron chi connectivity index (χ3n) is 3.05. The van der Waals surface area contributed by atoms with Crippen LogP contribution in [0.25, 0.3) is 0 Å². The van der Waals surface area contributed by atoms with Crippen LogP contribution >= 0.6 is 0 Å². The van der Waals surface area contributed by atoms with Gasteiger partial charge in [-0.15, -0.1) is 0 Å². The summed E-state index contributed by atoms with van der Waals surface area (Å²) in [4.78, 5) is 0. The van der Waals surface area contributed by atoms with Gasteiger partial charge < -0.3 is 14.9 Å². The van der Waals surface area contributed by atoms with Crippen molar-refractivity contribution in [1.82, 2.24) is 0 Å². The standard InChI is InChI=1S/C15H19NO2/c1-3-11-6-4-5-7-13(11)15(16)14-9-8-12(18-14)10-17-2/h4-9,15H,3,10,16H2,1-2H3. The predicted octanol–water partition coefficient (Wildman–Crippen LogP) is 3.04. The van der Waals surface area contributed by atoms with Crippen LogP contribution in [-0.2, 0) is 17.8 Å². The molecule has 0 saturated carbocycles. The van der Waals surface area contributed by atoms with E-state index in [1.54, 1.807) is 7.11 Å². The molecule has 0 fully saturated rings. The summed E-state index contributed by atoms with van der Waals surface area (Å²) in [5, 5.41) is 0. The number of ether oxygens (including phenoxy) is 1. The highest BCUT2D eigenvalue weighted by Crippen LogP contribution is 2.25. The van der Waals surface area contributed by atoms with Crippen LogP contribution in [0.15, 0.2) is 40.8 Å². The number of benzene rings is 1. The minimum atomic E-state index is -0.216. The zero-order valence-corrected chi connectivity index (χ0v) is 10.8. The van der Waals surface area contributed by atoms with Gasteiger partial charge in [-0.1, -0.05) is 31.2 Å². The Hall–Kier alpha value is -1.58. The van der Waals surface area contributed by atoms with Gasteiger partial charge in [0.25, 0.3) is 0 Å². The van der Waals surface area contributed by atoms with Gasteiger partial charge in [0.2, 0.25) is 0 Å². The van der Waals surface area contributed by atoms with Crippen LogP contribution in [0.1, 0.15) is 35.6 Å². The van der Waals surface area contributed by atoms with E-state index in [-0.39, 0.29) is 6.04 Å². The lowest BCUT2D eigenvalue weighted by Crippen LogP contribution is -2.13. The molecule has 1 aromatic heterocycles. The smallest absolute Gasteiger partial charge is 0.129 e. The maximum atomic E-state index is 6.27. The van der Waals surface area contributed by atoms with Gasteiger partial charge in [-0.3, -0.25) is 0 Å². The number of methoxy groups -OCH3 is 1. The molecule has 0 bridgehead atoms. The van der Waals surface area contributed by atoms with Crippen molar-refractivity contribution in [2.24, 2.45) is 5.73 Å². The Bertz CT molecular complexity index is 505. The Morgan fingerprint density at radius 1 is 1.22 bits per heavy atom. The highest BCUT2D eigenvalue weighted by Gasteiger charge is 2.15. The van der Waals surface area contributed by atoms with Gasteiger partial charge in [0.15, 0.2) is 0 Å². The summed E-state index contributed by atoms with van der Waals surface area (Å²) in [6, 6.07) is 11.8. The normalized spacial score (nSPS) is 12.6. The number of furan rings is 1. The van der Waals surface area contributed by atoms with Crippen LogP contribution in [0.3, 0.4) is 0 Å². The lowest BCUT2D eigenvalue weighted by molar-refractivity contribution is 0.162. The number of aryl methyl sites for hydroxylation is 1. The number of rotatable bonds is 5. The molecule has 0 aliphatic carbocycles. The maximum Gasteiger partial charge on any atom is 0.129 e. The monoisotopic (exact) mass is 245 g/mol. The van der Waals surface area contributed by atoms with Crippen molar-refractivity contribution in [2.75, 3.05) is 7.11 Å². The molecule has 2 aromatic rings. The Morgan fingerprint density at radius 3 is 2.72 bits per heavy atom. The molecule has 2 N–H and O–H groups in total. The first-order valence-electron chi connectivity index (χ1n) is 6.17. The number of hydrogen-bond donors (Lipinski definition) is 1. The maximum absolute atomic E-state index is 6.27. The van der Waals surface area contributed by atoms with Crippen molar-refractivity contribution in [3.63, 3.8) is 0 Å². The average molecular weight is 245 g/mol. The summed E-state index contributed by atoms with van der Waals surface area (Å²) in [5.74, 6) is 1.58. The molecule has 0 radical (unpaired) electrons. The highest BCUT2D eigenvalue weighted by atomic mass is 16.5. The van der Waals surface area contributed by atoms with Crippen molar-refractivity contribution >= 4 is 0 Å². The molecule has 0 spiro atoms. The highest BCUT2D eigenvalue weighted by molar-refractivity contribution is 5.34. The molecule has 3 nitrogen and oxygen atoms in total. The first-order valence-corrected chi connectivity index (χ1v) is 6.17. The van der Waals surface area contributed by atoms with E-state index in [2.05, 4.69) is 19.1 Å². The third kappa shape index (κ3) is 2.63. The summed E-state index contributed by atoms with van der Waals surface area (Å²) in [6.45, 7) is 2.60. The largest absolute Gasteiger partial charge is 0.462 e. The second-order valence-electron chi connectivity index (χ2n) is 4.27. The molecule has 18 heavy (non-hydrogen) atoms. The molecule has 0 saturated heterocycles. The molecule has 1 aromatic carbocycles. The SMILES string of the molecule is CCc1ccccc1C(N)c1ccc(COC)o1. The Kier molecular flexibility index (Phi) is 4.18. The van der Waals surface area contributed by atoms with Crippen LogP contribution < -0.4 is 5.73 Å². The Labute approximate surface area is 108 Å². The molecule has 0 aliphatic heterocycles. The summed E-state index contributed by atoms with van der Waals surface area (Å²) in [6.07, 6.45) is 0.968. The van der Waals surface area contributed by atoms with Gasteiger partial charge in [-0.05, 0) is 29.7 Å². The molecule has 1 atom stereocenters. The predicted molar refractivity (Wildman–Crippen MR) is 71.3 cm³/mol. The Morgan fingerprint density at radius 2 is 2.00 bits per heavy atom. The van der Waals surface area contributed by atoms with E-state index in [0.717, 1.165) is 23.5 Å². The van der Waals surface area contributed by atoms with E-state index in [1.807, 2.05) is 24.3 Å². The zero-order valence-electron chi connectivity index (χ0n) is 10.8. The molecule has 96 valence electrons. The summed E-state index contributed by atoms with van der Waals surface area (Å²) >= 11 is 0. The first kappa shape index (κ1) is 12.9. The molecule has 1 heterocycles. The number of nitrogens with two attached hydrogens (primary N) is 1. The fourth-order valence-corrected chi connectivity index (χ4v) is 2.09. The van der Waals surface area contributed by atoms with Crippen LogP contribution in [0.2, 0.25) is 0 Å². The molecule has 2 rings (SSSR count). The minimum absolute atomic E-state index is 0.216. The molecular formula is C15H19NO2. The van der Waals surface area contributed by atoms with Gasteiger partial charge in [-0.2, -0.15) is 0 Å². The van der Waals surface area contributed by atoms with Crippen LogP contribution in [-0.4, -0.2) is 7.11 Å². The molecule has 3 heteroatoms. The minimum Gasteiger partial charge on any atom is -0.462 e. The molecule has 1 unspecified atom stereocenters. The van der Waals surface area contributed by atoms with Crippen LogP contribution in [0.4, 0.5) is 0 Å². The summed E-state index contributed by atoms with van der Waals surface area (Å²) < 4.78 is 10.7. The van der Waals surface area contributed by atoms with Crippen molar-refractivity contribution < 1.29 is 9.15 Å². The van der Waals surface area contributed by atoms with Crippen LogP contribution in [0.5, 0.6) is 0 Å². The second-order valence-corrected chi connectivity index (χ2v) is 4.27. The Balaban J connectivity index is 2.26. The van der Waals surface area contributed by atoms with Gasteiger partial charge in [0, 0.05) is 7.11 Å². The summed E-state index contributed by atoms with van der Waals surface area (Å²) in [5.41, 5.74) is 8.65. The van der Waals surface area contributed by atoms with E-state index in [1.165, 1.54) is 5.56 Å². The lowest BCUT2D eigenvalue weighted by Gasteiger charge is -2.13. The van der Waals surface area contributed by atoms with E-state index >= 15 is 0 Å². The van der Waals surface area contributed by atoms with Crippen molar-refractivity contribution in [3.8, 4) is 0 Å². The van der Waals surface area contributed by atoms with E-state index in [9.17, 15) is 0 Å². The van der Waals surface area contributed by atoms with Crippen molar-refractivity contribution in [1.29, 1.82) is 0 Å². The average Bonchev–Trinajstić information content (AvgIpc) is 2.87. The summed E-state index contributed by atoms with van der Waals surface area (Å²) in [7, 11) is 1.65. The zero-order chi connectivity index (χ0) is 13.0. The molecule has 0 aliphatic rings. The molecular weight excluding hydrogens is 226 g/mol. The van der Waals surface area contributed by atoms with Gasteiger partial charge in [0.1, 0.15) is 18.1 Å². The van der Waals surface area contributed by atoms with E-state index < -0.39 is 0 Å². The quantitative estimate of drug-likeness (QED) is 0.880. The van der Waals surface area contributed by atoms with Gasteiger partial charge in [-0.25, -0.2) is 0 Å². The van der Waals surface area contributed by atoms with E-state index in [0.29, 0.717) is 6.61 Å². The van der Waals surface area contributed by atoms with Crippen molar-refractivity contribution in [2.45, 2.75) is 26.0 Å². The topological polar surface area (TPSA) is 48.4 Å². The third-order valence-corrected chi connectivity index (χ3v) is 3.05. The van der Waals surface area contributed by atoms with Gasteiger partial charge >= 0.3 is 0 Å². The first-order chi connectivity index (χ1) is 8.76. The lowest BCUT2D eigenvalue weighted by atomic mass is 9.98. The fraction of sp³-hybridized carbons (Fsp3) is 0.333. The van der Waals surface area contributed by atoms with E-state index in [4.69, 9.17) is 14.9 Å². The second kappa shape index (κ2) is 5.85. The van der Waals surface area contributed by atoms with Gasteiger partial charge in [0.05, 0.1) is 6.04 Å².